The average molecular weight is 214 g/mol. The minimum Gasteiger partial charge on any atom is -0.385 e. The third-order valence-electron chi connectivity index (χ3n) is 3.54. The topological polar surface area (TPSA) is 24.5 Å². The molecule has 3 heteroatoms. The lowest BCUT2D eigenvalue weighted by Crippen LogP contribution is -2.51. The van der Waals surface area contributed by atoms with E-state index in [-0.39, 0.29) is 0 Å². The Morgan fingerprint density at radius 2 is 2.13 bits per heavy atom. The quantitative estimate of drug-likeness (QED) is 0.699. The molecule has 1 aliphatic heterocycles. The molecule has 1 aliphatic rings. The predicted octanol–water partition coefficient (Wildman–Crippen LogP) is 1.34. The third-order valence-corrected chi connectivity index (χ3v) is 3.54. The minimum atomic E-state index is 0.688. The predicted molar refractivity (Wildman–Crippen MR) is 64.2 cm³/mol. The van der Waals surface area contributed by atoms with Crippen molar-refractivity contribution in [3.05, 3.63) is 0 Å². The van der Waals surface area contributed by atoms with Crippen molar-refractivity contribution in [2.45, 2.75) is 38.8 Å². The molecule has 0 aromatic heterocycles. The maximum Gasteiger partial charge on any atom is 0.0474 e. The first-order valence-corrected chi connectivity index (χ1v) is 6.07. The maximum atomic E-state index is 5.05. The van der Waals surface area contributed by atoms with Crippen molar-refractivity contribution in [3.63, 3.8) is 0 Å². The molecule has 15 heavy (non-hydrogen) atoms. The monoisotopic (exact) mass is 214 g/mol. The highest BCUT2D eigenvalue weighted by Gasteiger charge is 2.27. The number of nitrogens with zero attached hydrogens (tertiary/aromatic N) is 1. The summed E-state index contributed by atoms with van der Waals surface area (Å²) in [6, 6.07) is 1.40. The second kappa shape index (κ2) is 6.46. The van der Waals surface area contributed by atoms with Crippen LogP contribution in [0.15, 0.2) is 0 Å². The van der Waals surface area contributed by atoms with E-state index < -0.39 is 0 Å². The van der Waals surface area contributed by atoms with Crippen LogP contribution in [0.2, 0.25) is 0 Å². The Labute approximate surface area is 94.2 Å². The Morgan fingerprint density at radius 1 is 1.40 bits per heavy atom. The molecule has 1 heterocycles. The SMILES string of the molecule is COCCCN[C@@H]1C[C@H](C)N(C)C[C@@H]1C. The second-order valence-electron chi connectivity index (χ2n) is 4.91. The number of rotatable bonds is 5. The summed E-state index contributed by atoms with van der Waals surface area (Å²) in [5.41, 5.74) is 0. The lowest BCUT2D eigenvalue weighted by Gasteiger charge is -2.40. The van der Waals surface area contributed by atoms with E-state index in [0.717, 1.165) is 25.5 Å². The second-order valence-corrected chi connectivity index (χ2v) is 4.91. The van der Waals surface area contributed by atoms with Gasteiger partial charge < -0.3 is 15.0 Å². The molecule has 0 amide bonds. The van der Waals surface area contributed by atoms with Crippen LogP contribution >= 0.6 is 0 Å². The fourth-order valence-electron chi connectivity index (χ4n) is 2.33. The van der Waals surface area contributed by atoms with Crippen molar-refractivity contribution >= 4 is 0 Å². The van der Waals surface area contributed by atoms with E-state index in [0.29, 0.717) is 12.1 Å². The average Bonchev–Trinajstić information content (AvgIpc) is 2.20. The largest absolute Gasteiger partial charge is 0.385 e. The molecular weight excluding hydrogens is 188 g/mol. The summed E-state index contributed by atoms with van der Waals surface area (Å²) in [6.45, 7) is 7.82. The van der Waals surface area contributed by atoms with Crippen molar-refractivity contribution in [1.82, 2.24) is 10.2 Å². The minimum absolute atomic E-state index is 0.688. The molecule has 0 radical (unpaired) electrons. The molecule has 1 saturated heterocycles. The highest BCUT2D eigenvalue weighted by atomic mass is 16.5. The first-order valence-electron chi connectivity index (χ1n) is 6.07. The van der Waals surface area contributed by atoms with Crippen molar-refractivity contribution in [3.8, 4) is 0 Å². The normalized spacial score (nSPS) is 33.2. The molecular formula is C12H26N2O. The van der Waals surface area contributed by atoms with Gasteiger partial charge in [-0.05, 0) is 39.3 Å². The van der Waals surface area contributed by atoms with Crippen LogP contribution in [0.5, 0.6) is 0 Å². The van der Waals surface area contributed by atoms with Crippen molar-refractivity contribution < 1.29 is 4.74 Å². The Morgan fingerprint density at radius 3 is 2.80 bits per heavy atom. The molecule has 1 N–H and O–H groups in total. The molecule has 1 fully saturated rings. The molecule has 0 aromatic carbocycles. The van der Waals surface area contributed by atoms with Crippen LogP contribution in [0.1, 0.15) is 26.7 Å². The van der Waals surface area contributed by atoms with Crippen molar-refractivity contribution in [1.29, 1.82) is 0 Å². The van der Waals surface area contributed by atoms with Crippen LogP contribution in [0.4, 0.5) is 0 Å². The lowest BCUT2D eigenvalue weighted by molar-refractivity contribution is 0.119. The van der Waals surface area contributed by atoms with Gasteiger partial charge >= 0.3 is 0 Å². The van der Waals surface area contributed by atoms with Crippen LogP contribution in [0, 0.1) is 5.92 Å². The summed E-state index contributed by atoms with van der Waals surface area (Å²) in [6.07, 6.45) is 2.38. The maximum absolute atomic E-state index is 5.05. The zero-order chi connectivity index (χ0) is 11.3. The molecule has 90 valence electrons. The summed E-state index contributed by atoms with van der Waals surface area (Å²) < 4.78 is 5.05. The van der Waals surface area contributed by atoms with Gasteiger partial charge in [-0.25, -0.2) is 0 Å². The molecule has 3 nitrogen and oxygen atoms in total. The number of piperidine rings is 1. The molecule has 3 atom stereocenters. The smallest absolute Gasteiger partial charge is 0.0474 e. The number of methoxy groups -OCH3 is 1. The van der Waals surface area contributed by atoms with Gasteiger partial charge in [-0.2, -0.15) is 0 Å². The third kappa shape index (κ3) is 4.09. The van der Waals surface area contributed by atoms with E-state index >= 15 is 0 Å². The Kier molecular flexibility index (Phi) is 5.58. The highest BCUT2D eigenvalue weighted by Crippen LogP contribution is 2.20. The molecule has 0 aliphatic carbocycles. The number of nitrogens with one attached hydrogen (secondary N) is 1. The van der Waals surface area contributed by atoms with Gasteiger partial charge in [-0.3, -0.25) is 0 Å². The van der Waals surface area contributed by atoms with Gasteiger partial charge in [0.15, 0.2) is 0 Å². The summed E-state index contributed by atoms with van der Waals surface area (Å²) in [5.74, 6) is 0.758. The molecule has 0 spiro atoms. The molecule has 0 saturated carbocycles. The number of hydrogen-bond acceptors (Lipinski definition) is 3. The summed E-state index contributed by atoms with van der Waals surface area (Å²) >= 11 is 0. The van der Waals surface area contributed by atoms with E-state index in [9.17, 15) is 0 Å². The fraction of sp³-hybridized carbons (Fsp3) is 1.00. The van der Waals surface area contributed by atoms with Gasteiger partial charge in [0.1, 0.15) is 0 Å². The summed E-state index contributed by atoms with van der Waals surface area (Å²) in [4.78, 5) is 2.46. The molecule has 0 bridgehead atoms. The van der Waals surface area contributed by atoms with Gasteiger partial charge in [0, 0.05) is 32.3 Å². The lowest BCUT2D eigenvalue weighted by atomic mass is 9.90. The van der Waals surface area contributed by atoms with E-state index in [4.69, 9.17) is 4.74 Å². The van der Waals surface area contributed by atoms with E-state index in [1.807, 2.05) is 0 Å². The molecule has 1 rings (SSSR count). The highest BCUT2D eigenvalue weighted by molar-refractivity contribution is 4.85. The zero-order valence-electron chi connectivity index (χ0n) is 10.6. The standard InChI is InChI=1S/C12H26N2O/c1-10-9-14(3)11(2)8-12(10)13-6-5-7-15-4/h10-13H,5-9H2,1-4H3/t10-,11-,12+/m0/s1. The summed E-state index contributed by atoms with van der Waals surface area (Å²) in [5, 5.41) is 3.65. The van der Waals surface area contributed by atoms with E-state index in [1.165, 1.54) is 13.0 Å². The van der Waals surface area contributed by atoms with Gasteiger partial charge in [0.2, 0.25) is 0 Å². The van der Waals surface area contributed by atoms with Crippen LogP contribution in [-0.4, -0.2) is 50.8 Å². The first kappa shape index (κ1) is 12.9. The number of hydrogen-bond donors (Lipinski definition) is 1. The fourth-order valence-corrected chi connectivity index (χ4v) is 2.33. The number of ether oxygens (including phenoxy) is 1. The molecule has 0 unspecified atom stereocenters. The van der Waals surface area contributed by atoms with Gasteiger partial charge in [0.25, 0.3) is 0 Å². The van der Waals surface area contributed by atoms with Gasteiger partial charge in [-0.15, -0.1) is 0 Å². The Hall–Kier alpha value is -0.120. The first-order chi connectivity index (χ1) is 7.15. The Balaban J connectivity index is 2.22. The van der Waals surface area contributed by atoms with E-state index in [2.05, 4.69) is 31.1 Å². The van der Waals surface area contributed by atoms with E-state index in [1.54, 1.807) is 7.11 Å². The van der Waals surface area contributed by atoms with Crippen LogP contribution in [0.25, 0.3) is 0 Å². The van der Waals surface area contributed by atoms with Gasteiger partial charge in [-0.1, -0.05) is 6.92 Å². The van der Waals surface area contributed by atoms with Gasteiger partial charge in [0.05, 0.1) is 0 Å². The zero-order valence-corrected chi connectivity index (χ0v) is 10.6. The van der Waals surface area contributed by atoms with Crippen LogP contribution in [0.3, 0.4) is 0 Å². The van der Waals surface area contributed by atoms with Crippen molar-refractivity contribution in [2.24, 2.45) is 5.92 Å². The van der Waals surface area contributed by atoms with Crippen molar-refractivity contribution in [2.75, 3.05) is 33.9 Å². The number of likely N-dealkylation sites (tertiary alicyclic amines) is 1. The van der Waals surface area contributed by atoms with Crippen LogP contribution < -0.4 is 5.32 Å². The molecule has 0 aromatic rings. The van der Waals surface area contributed by atoms with Crippen LogP contribution in [-0.2, 0) is 4.74 Å². The Bertz CT molecular complexity index is 175. The summed E-state index contributed by atoms with van der Waals surface area (Å²) in [7, 11) is 3.99.